The van der Waals surface area contributed by atoms with Gasteiger partial charge in [0.05, 0.1) is 0 Å². The minimum atomic E-state index is -0.0800. The Morgan fingerprint density at radius 3 is 2.57 bits per heavy atom. The number of carbonyl (C=O) groups excluding carboxylic acids is 1. The number of nitrogens with zero attached hydrogens (tertiary/aromatic N) is 3. The molecule has 2 aromatic heterocycles. The lowest BCUT2D eigenvalue weighted by molar-refractivity contribution is -0.120. The molecule has 0 saturated carbocycles. The first-order valence-corrected chi connectivity index (χ1v) is 10.1. The molecule has 0 bridgehead atoms. The molecule has 0 atom stereocenters. The van der Waals surface area contributed by atoms with Gasteiger partial charge in [0, 0.05) is 24.6 Å². The van der Waals surface area contributed by atoms with Crippen molar-refractivity contribution in [1.82, 2.24) is 10.1 Å². The van der Waals surface area contributed by atoms with Crippen LogP contribution in [-0.2, 0) is 4.79 Å². The number of carbonyl (C=O) groups is 1. The van der Waals surface area contributed by atoms with Gasteiger partial charge in [-0.2, -0.15) is 4.98 Å². The number of oxazole rings is 1. The number of aromatic nitrogens is 2. The topological polar surface area (TPSA) is 84.4 Å². The average molecular weight is 402 g/mol. The monoisotopic (exact) mass is 402 g/mol. The summed E-state index contributed by atoms with van der Waals surface area (Å²) in [6.45, 7) is 3.28. The average Bonchev–Trinajstić information content (AvgIpc) is 3.38. The van der Waals surface area contributed by atoms with Crippen LogP contribution in [0.25, 0.3) is 22.4 Å². The molecule has 1 saturated heterocycles. The molecule has 7 nitrogen and oxygen atoms in total. The van der Waals surface area contributed by atoms with Crippen molar-refractivity contribution >= 4 is 28.7 Å². The molecule has 0 aliphatic carbocycles. The Labute approximate surface area is 173 Å². The number of para-hydroxylation sites is 2. The normalized spacial score (nSPS) is 14.9. The summed E-state index contributed by atoms with van der Waals surface area (Å²) < 4.78 is 11.3. The number of hydrogen-bond acceptors (Lipinski definition) is 6. The zero-order chi connectivity index (χ0) is 20.5. The molecule has 4 aromatic rings. The van der Waals surface area contributed by atoms with Crippen LogP contribution in [0.15, 0.2) is 63.5 Å². The second kappa shape index (κ2) is 7.67. The summed E-state index contributed by atoms with van der Waals surface area (Å²) >= 11 is 0. The lowest BCUT2D eigenvalue weighted by Gasteiger charge is -2.30. The molecular formula is C23H22N4O3. The maximum Gasteiger partial charge on any atom is 0.298 e. The first kappa shape index (κ1) is 18.4. The van der Waals surface area contributed by atoms with Crippen LogP contribution in [0, 0.1) is 12.8 Å². The van der Waals surface area contributed by atoms with Gasteiger partial charge in [0.2, 0.25) is 5.91 Å². The molecule has 2 aromatic carbocycles. The molecule has 3 heterocycles. The van der Waals surface area contributed by atoms with Gasteiger partial charge in [-0.1, -0.05) is 47.6 Å². The Morgan fingerprint density at radius 2 is 1.80 bits per heavy atom. The molecule has 0 spiro atoms. The first-order chi connectivity index (χ1) is 14.7. The molecule has 5 rings (SSSR count). The summed E-state index contributed by atoms with van der Waals surface area (Å²) in [5, 5.41) is 7.10. The second-order valence-corrected chi connectivity index (χ2v) is 7.55. The van der Waals surface area contributed by atoms with E-state index < -0.39 is 0 Å². The Kier molecular flexibility index (Phi) is 4.71. The standard InChI is InChI=1S/C23H22N4O3/c1-15-20(21(30-26-15)16-7-3-2-4-8-16)25-22(28)17-11-13-27(14-12-17)23-24-18-9-5-6-10-19(18)29-23/h2-10,17H,11-14H2,1H3,(H,25,28). The Bertz CT molecular complexity index is 1140. The van der Waals surface area contributed by atoms with E-state index in [-0.39, 0.29) is 11.8 Å². The molecule has 1 fully saturated rings. The van der Waals surface area contributed by atoms with E-state index in [2.05, 4.69) is 20.4 Å². The SMILES string of the molecule is Cc1noc(-c2ccccc2)c1NC(=O)C1CCN(c2nc3ccccc3o2)CC1. The van der Waals surface area contributed by atoms with E-state index in [0.29, 0.717) is 23.2 Å². The van der Waals surface area contributed by atoms with Crippen LogP contribution in [0.1, 0.15) is 18.5 Å². The number of piperidine rings is 1. The summed E-state index contributed by atoms with van der Waals surface area (Å²) in [5.74, 6) is 0.504. The Hall–Kier alpha value is -3.61. The van der Waals surface area contributed by atoms with Crippen LogP contribution in [-0.4, -0.2) is 29.1 Å². The number of anilines is 2. The van der Waals surface area contributed by atoms with Crippen LogP contribution in [0.2, 0.25) is 0 Å². The van der Waals surface area contributed by atoms with Gasteiger partial charge in [0.15, 0.2) is 11.3 Å². The number of fused-ring (bicyclic) bond motifs is 1. The first-order valence-electron chi connectivity index (χ1n) is 10.1. The maximum atomic E-state index is 12.9. The lowest BCUT2D eigenvalue weighted by atomic mass is 9.96. The third-order valence-electron chi connectivity index (χ3n) is 5.57. The summed E-state index contributed by atoms with van der Waals surface area (Å²) in [5.41, 5.74) is 3.84. The molecular weight excluding hydrogens is 380 g/mol. The van der Waals surface area contributed by atoms with Gasteiger partial charge in [-0.05, 0) is 31.9 Å². The molecule has 1 aliphatic rings. The van der Waals surface area contributed by atoms with Crippen LogP contribution in [0.3, 0.4) is 0 Å². The van der Waals surface area contributed by atoms with Gasteiger partial charge in [-0.3, -0.25) is 4.79 Å². The highest BCUT2D eigenvalue weighted by Crippen LogP contribution is 2.32. The van der Waals surface area contributed by atoms with Crippen molar-refractivity contribution in [3.63, 3.8) is 0 Å². The zero-order valence-electron chi connectivity index (χ0n) is 16.7. The minimum Gasteiger partial charge on any atom is -0.423 e. The van der Waals surface area contributed by atoms with E-state index in [4.69, 9.17) is 8.94 Å². The van der Waals surface area contributed by atoms with Crippen LogP contribution in [0.5, 0.6) is 0 Å². The number of hydrogen-bond donors (Lipinski definition) is 1. The van der Waals surface area contributed by atoms with Crippen molar-refractivity contribution in [1.29, 1.82) is 0 Å². The van der Waals surface area contributed by atoms with Crippen LogP contribution >= 0.6 is 0 Å². The number of rotatable bonds is 4. The van der Waals surface area contributed by atoms with Crippen molar-refractivity contribution in [3.05, 3.63) is 60.3 Å². The van der Waals surface area contributed by atoms with Crippen molar-refractivity contribution in [2.75, 3.05) is 23.3 Å². The molecule has 152 valence electrons. The molecule has 1 N–H and O–H groups in total. The fourth-order valence-electron chi connectivity index (χ4n) is 3.86. The van der Waals surface area contributed by atoms with Gasteiger partial charge in [0.1, 0.15) is 16.9 Å². The predicted octanol–water partition coefficient (Wildman–Crippen LogP) is 4.65. The van der Waals surface area contributed by atoms with E-state index in [1.165, 1.54) is 0 Å². The van der Waals surface area contributed by atoms with Gasteiger partial charge >= 0.3 is 0 Å². The predicted molar refractivity (Wildman–Crippen MR) is 114 cm³/mol. The summed E-state index contributed by atoms with van der Waals surface area (Å²) in [4.78, 5) is 19.6. The van der Waals surface area contributed by atoms with E-state index in [9.17, 15) is 4.79 Å². The molecule has 7 heteroatoms. The zero-order valence-corrected chi connectivity index (χ0v) is 16.7. The Morgan fingerprint density at radius 1 is 1.07 bits per heavy atom. The number of aryl methyl sites for hydroxylation is 1. The fourth-order valence-corrected chi connectivity index (χ4v) is 3.86. The van der Waals surface area contributed by atoms with Crippen LogP contribution in [0.4, 0.5) is 11.7 Å². The third kappa shape index (κ3) is 3.43. The molecule has 0 unspecified atom stereocenters. The summed E-state index contributed by atoms with van der Waals surface area (Å²) in [6.07, 6.45) is 1.46. The summed E-state index contributed by atoms with van der Waals surface area (Å²) in [7, 11) is 0. The van der Waals surface area contributed by atoms with Gasteiger partial charge in [-0.15, -0.1) is 0 Å². The van der Waals surface area contributed by atoms with Crippen LogP contribution < -0.4 is 10.2 Å². The lowest BCUT2D eigenvalue weighted by Crippen LogP contribution is -2.38. The Balaban J connectivity index is 1.26. The third-order valence-corrected chi connectivity index (χ3v) is 5.57. The quantitative estimate of drug-likeness (QED) is 0.535. The maximum absolute atomic E-state index is 12.9. The molecule has 1 amide bonds. The van der Waals surface area contributed by atoms with Crippen molar-refractivity contribution in [2.45, 2.75) is 19.8 Å². The summed E-state index contributed by atoms with van der Waals surface area (Å²) in [6, 6.07) is 18.0. The second-order valence-electron chi connectivity index (χ2n) is 7.55. The van der Waals surface area contributed by atoms with Gasteiger partial charge < -0.3 is 19.2 Å². The van der Waals surface area contributed by atoms with Crippen molar-refractivity contribution < 1.29 is 13.7 Å². The van der Waals surface area contributed by atoms with Crippen molar-refractivity contribution in [2.24, 2.45) is 5.92 Å². The van der Waals surface area contributed by atoms with E-state index >= 15 is 0 Å². The number of benzene rings is 2. The van der Waals surface area contributed by atoms with Gasteiger partial charge in [0.25, 0.3) is 6.01 Å². The highest BCUT2D eigenvalue weighted by atomic mass is 16.5. The highest BCUT2D eigenvalue weighted by molar-refractivity contribution is 5.96. The largest absolute Gasteiger partial charge is 0.423 e. The van der Waals surface area contributed by atoms with Crippen molar-refractivity contribution in [3.8, 4) is 11.3 Å². The highest BCUT2D eigenvalue weighted by Gasteiger charge is 2.29. The number of nitrogens with one attached hydrogen (secondary N) is 1. The van der Waals surface area contributed by atoms with Gasteiger partial charge in [-0.25, -0.2) is 0 Å². The van der Waals surface area contributed by atoms with E-state index in [1.54, 1.807) is 0 Å². The smallest absolute Gasteiger partial charge is 0.298 e. The number of amides is 1. The molecule has 0 radical (unpaired) electrons. The fraction of sp³-hybridized carbons (Fsp3) is 0.261. The van der Waals surface area contributed by atoms with E-state index in [1.807, 2.05) is 61.5 Å². The van der Waals surface area contributed by atoms with E-state index in [0.717, 1.165) is 42.6 Å². The molecule has 30 heavy (non-hydrogen) atoms. The minimum absolute atomic E-state index is 0.00398. The molecule has 1 aliphatic heterocycles.